The van der Waals surface area contributed by atoms with E-state index in [-0.39, 0.29) is 34.3 Å². The number of halogens is 3. The Balaban J connectivity index is 2.08. The second-order valence-electron chi connectivity index (χ2n) is 5.08. The number of benzene rings is 2. The summed E-state index contributed by atoms with van der Waals surface area (Å²) < 4.78 is 39.9. The number of fused-ring (bicyclic) bond motifs is 1. The minimum Gasteiger partial charge on any atom is -0.478 e. The van der Waals surface area contributed by atoms with Crippen LogP contribution in [0.2, 0.25) is 0 Å². The predicted molar refractivity (Wildman–Crippen MR) is 78.4 cm³/mol. The molecule has 3 aromatic rings. The number of hydrogen-bond donors (Lipinski definition) is 2. The zero-order valence-corrected chi connectivity index (χ0v) is 11.9. The number of carbonyl (C=O) groups is 1. The van der Waals surface area contributed by atoms with E-state index in [0.29, 0.717) is 12.1 Å². The summed E-state index contributed by atoms with van der Waals surface area (Å²) in [4.78, 5) is 29.5. The molecular formula is C16H9F3N2O3. The molecule has 5 nitrogen and oxygen atoms in total. The number of nitrogens with one attached hydrogen (secondary N) is 1. The number of aromatic carboxylic acids is 1. The van der Waals surface area contributed by atoms with Crippen molar-refractivity contribution >= 4 is 16.9 Å². The fourth-order valence-corrected chi connectivity index (χ4v) is 2.28. The van der Waals surface area contributed by atoms with E-state index >= 15 is 0 Å². The summed E-state index contributed by atoms with van der Waals surface area (Å²) in [7, 11) is 0. The fourth-order valence-electron chi connectivity index (χ4n) is 2.28. The van der Waals surface area contributed by atoms with Gasteiger partial charge in [0.05, 0.1) is 16.5 Å². The SMILES string of the molecule is O=C(O)c1ccc2c(=O)[nH]c(Cc3cc(F)c(F)cc3F)nc2c1. The number of carboxylic acids is 1. The Kier molecular flexibility index (Phi) is 3.80. The van der Waals surface area contributed by atoms with E-state index in [2.05, 4.69) is 9.97 Å². The molecule has 2 N–H and O–H groups in total. The molecule has 0 unspecified atom stereocenters. The Hall–Kier alpha value is -3.16. The Labute approximate surface area is 132 Å². The highest BCUT2D eigenvalue weighted by atomic mass is 19.2. The molecule has 1 aromatic heterocycles. The first-order chi connectivity index (χ1) is 11.3. The second kappa shape index (κ2) is 5.80. The maximum Gasteiger partial charge on any atom is 0.335 e. The van der Waals surface area contributed by atoms with Crippen molar-refractivity contribution in [2.45, 2.75) is 6.42 Å². The molecule has 3 rings (SSSR count). The third kappa shape index (κ3) is 2.85. The third-order valence-corrected chi connectivity index (χ3v) is 3.45. The summed E-state index contributed by atoms with van der Waals surface area (Å²) in [5.41, 5.74) is -0.692. The number of rotatable bonds is 3. The average molecular weight is 334 g/mol. The highest BCUT2D eigenvalue weighted by Gasteiger charge is 2.13. The molecule has 0 aliphatic heterocycles. The average Bonchev–Trinajstić information content (AvgIpc) is 2.52. The largest absolute Gasteiger partial charge is 0.478 e. The lowest BCUT2D eigenvalue weighted by atomic mass is 10.1. The molecule has 122 valence electrons. The van der Waals surface area contributed by atoms with E-state index in [0.717, 1.165) is 0 Å². The van der Waals surface area contributed by atoms with E-state index in [1.165, 1.54) is 18.2 Å². The van der Waals surface area contributed by atoms with Crippen LogP contribution >= 0.6 is 0 Å². The Morgan fingerprint density at radius 2 is 1.79 bits per heavy atom. The third-order valence-electron chi connectivity index (χ3n) is 3.45. The first-order valence-electron chi connectivity index (χ1n) is 6.75. The molecule has 24 heavy (non-hydrogen) atoms. The minimum atomic E-state index is -1.32. The van der Waals surface area contributed by atoms with Crippen molar-refractivity contribution in [1.82, 2.24) is 9.97 Å². The zero-order chi connectivity index (χ0) is 17.4. The highest BCUT2D eigenvalue weighted by Crippen LogP contribution is 2.17. The normalized spacial score (nSPS) is 11.0. The van der Waals surface area contributed by atoms with E-state index < -0.39 is 29.0 Å². The monoisotopic (exact) mass is 334 g/mol. The number of aromatic amines is 1. The Bertz CT molecular complexity index is 1030. The number of carboxylic acid groups (broad SMARTS) is 1. The van der Waals surface area contributed by atoms with Crippen molar-refractivity contribution in [3.63, 3.8) is 0 Å². The van der Waals surface area contributed by atoms with Gasteiger partial charge in [-0.1, -0.05) is 0 Å². The molecule has 0 radical (unpaired) electrons. The van der Waals surface area contributed by atoms with E-state index in [4.69, 9.17) is 5.11 Å². The number of hydrogen-bond acceptors (Lipinski definition) is 3. The molecule has 0 aliphatic carbocycles. The van der Waals surface area contributed by atoms with Crippen LogP contribution in [0, 0.1) is 17.5 Å². The molecule has 8 heteroatoms. The Morgan fingerprint density at radius 1 is 1.08 bits per heavy atom. The van der Waals surface area contributed by atoms with E-state index in [9.17, 15) is 22.8 Å². The van der Waals surface area contributed by atoms with Crippen molar-refractivity contribution in [2.75, 3.05) is 0 Å². The summed E-state index contributed by atoms with van der Waals surface area (Å²) in [6.45, 7) is 0. The molecular weight excluding hydrogens is 325 g/mol. The van der Waals surface area contributed by atoms with Gasteiger partial charge in [-0.25, -0.2) is 22.9 Å². The number of aromatic nitrogens is 2. The fraction of sp³-hybridized carbons (Fsp3) is 0.0625. The van der Waals surface area contributed by atoms with Crippen LogP contribution in [0.15, 0.2) is 35.1 Å². The topological polar surface area (TPSA) is 83.0 Å². The minimum absolute atomic E-state index is 0.0000491. The maximum absolute atomic E-state index is 13.7. The van der Waals surface area contributed by atoms with Crippen molar-refractivity contribution in [3.05, 3.63) is 75.1 Å². The molecule has 0 atom stereocenters. The highest BCUT2D eigenvalue weighted by molar-refractivity contribution is 5.92. The van der Waals surface area contributed by atoms with Crippen molar-refractivity contribution in [2.24, 2.45) is 0 Å². The molecule has 0 bridgehead atoms. The van der Waals surface area contributed by atoms with Crippen molar-refractivity contribution in [3.8, 4) is 0 Å². The van der Waals surface area contributed by atoms with Crippen LogP contribution in [0.3, 0.4) is 0 Å². The van der Waals surface area contributed by atoms with Crippen LogP contribution < -0.4 is 5.56 Å². The van der Waals surface area contributed by atoms with Crippen molar-refractivity contribution < 1.29 is 23.1 Å². The van der Waals surface area contributed by atoms with Gasteiger partial charge < -0.3 is 10.1 Å². The van der Waals surface area contributed by atoms with Gasteiger partial charge >= 0.3 is 5.97 Å². The first-order valence-corrected chi connectivity index (χ1v) is 6.75. The van der Waals surface area contributed by atoms with Gasteiger partial charge in [0.25, 0.3) is 5.56 Å². The van der Waals surface area contributed by atoms with Crippen LogP contribution in [0.25, 0.3) is 10.9 Å². The van der Waals surface area contributed by atoms with Gasteiger partial charge in [0.15, 0.2) is 11.6 Å². The summed E-state index contributed by atoms with van der Waals surface area (Å²) in [5, 5.41) is 9.13. The van der Waals surface area contributed by atoms with Gasteiger partial charge in [0, 0.05) is 12.5 Å². The van der Waals surface area contributed by atoms with Crippen LogP contribution in [0.4, 0.5) is 13.2 Å². The summed E-state index contributed by atoms with van der Waals surface area (Å²) in [5.74, 6) is -4.70. The first kappa shape index (κ1) is 15.7. The molecule has 0 saturated carbocycles. The van der Waals surface area contributed by atoms with E-state index in [1.54, 1.807) is 0 Å². The lowest BCUT2D eigenvalue weighted by molar-refractivity contribution is 0.0697. The molecule has 2 aromatic carbocycles. The standard InChI is InChI=1S/C16H9F3N2O3/c17-10-6-12(19)11(18)3-8(10)5-14-20-13-4-7(16(23)24)1-2-9(13)15(22)21-14/h1-4,6H,5H2,(H,23,24)(H,20,21,22). The van der Waals surface area contributed by atoms with Crippen LogP contribution in [-0.4, -0.2) is 21.0 Å². The van der Waals surface area contributed by atoms with Gasteiger partial charge in [0.2, 0.25) is 0 Å². The van der Waals surface area contributed by atoms with Crippen molar-refractivity contribution in [1.29, 1.82) is 0 Å². The van der Waals surface area contributed by atoms with Gasteiger partial charge in [0.1, 0.15) is 11.6 Å². The van der Waals surface area contributed by atoms with Gasteiger partial charge in [-0.2, -0.15) is 0 Å². The quantitative estimate of drug-likeness (QED) is 0.721. The molecule has 0 spiro atoms. The van der Waals surface area contributed by atoms with Crippen LogP contribution in [-0.2, 0) is 6.42 Å². The summed E-state index contributed by atoms with van der Waals surface area (Å²) in [6.07, 6.45) is -0.286. The van der Waals surface area contributed by atoms with Gasteiger partial charge in [-0.15, -0.1) is 0 Å². The lowest BCUT2D eigenvalue weighted by Gasteiger charge is -2.06. The molecule has 0 saturated heterocycles. The molecule has 0 fully saturated rings. The molecule has 0 aliphatic rings. The van der Waals surface area contributed by atoms with Crippen LogP contribution in [0.1, 0.15) is 21.7 Å². The number of H-pyrrole nitrogens is 1. The Morgan fingerprint density at radius 3 is 2.50 bits per heavy atom. The summed E-state index contributed by atoms with van der Waals surface area (Å²) >= 11 is 0. The summed E-state index contributed by atoms with van der Waals surface area (Å²) in [6, 6.07) is 4.87. The lowest BCUT2D eigenvalue weighted by Crippen LogP contribution is -2.13. The number of nitrogens with zero attached hydrogens (tertiary/aromatic N) is 1. The molecule has 0 amide bonds. The van der Waals surface area contributed by atoms with E-state index in [1.807, 2.05) is 0 Å². The predicted octanol–water partition coefficient (Wildman–Crippen LogP) is 2.63. The second-order valence-corrected chi connectivity index (χ2v) is 5.08. The smallest absolute Gasteiger partial charge is 0.335 e. The molecule has 1 heterocycles. The van der Waals surface area contributed by atoms with Gasteiger partial charge in [-0.05, 0) is 29.8 Å². The van der Waals surface area contributed by atoms with Crippen LogP contribution in [0.5, 0.6) is 0 Å². The maximum atomic E-state index is 13.7. The van der Waals surface area contributed by atoms with Gasteiger partial charge in [-0.3, -0.25) is 4.79 Å². The zero-order valence-electron chi connectivity index (χ0n) is 11.9.